The molecule has 2 N–H and O–H groups in total. The van der Waals surface area contributed by atoms with Crippen molar-refractivity contribution in [3.05, 3.63) is 18.2 Å². The Kier molecular flexibility index (Phi) is 3.46. The lowest BCUT2D eigenvalue weighted by Gasteiger charge is -2.21. The van der Waals surface area contributed by atoms with Crippen LogP contribution in [0, 0.1) is 11.8 Å². The lowest BCUT2D eigenvalue weighted by Crippen LogP contribution is -2.21. The third-order valence-corrected chi connectivity index (χ3v) is 3.68. The summed E-state index contributed by atoms with van der Waals surface area (Å²) in [7, 11) is 1.68. The Labute approximate surface area is 104 Å². The number of ether oxygens (including phenoxy) is 1. The van der Waals surface area contributed by atoms with E-state index >= 15 is 0 Å². The SMILES string of the molecule is COc1cc(N)cc(N2CCC(C(C)C)C2)c1. The molecule has 0 saturated carbocycles. The largest absolute Gasteiger partial charge is 0.497 e. The fourth-order valence-corrected chi connectivity index (χ4v) is 2.47. The van der Waals surface area contributed by atoms with Gasteiger partial charge in [0.2, 0.25) is 0 Å². The molecule has 3 nitrogen and oxygen atoms in total. The van der Waals surface area contributed by atoms with E-state index in [-0.39, 0.29) is 0 Å². The van der Waals surface area contributed by atoms with Gasteiger partial charge in [0.05, 0.1) is 7.11 Å². The maximum Gasteiger partial charge on any atom is 0.122 e. The average Bonchev–Trinajstić information content (AvgIpc) is 2.77. The number of nitrogens with zero attached hydrogens (tertiary/aromatic N) is 1. The number of methoxy groups -OCH3 is 1. The summed E-state index contributed by atoms with van der Waals surface area (Å²) in [5.74, 6) is 2.39. The molecule has 1 atom stereocenters. The number of nitrogen functional groups attached to an aromatic ring is 1. The Balaban J connectivity index is 2.15. The standard InChI is InChI=1S/C14H22N2O/c1-10(2)11-4-5-16(9-11)13-6-12(15)7-14(8-13)17-3/h6-8,10-11H,4-5,9,15H2,1-3H3. The Hall–Kier alpha value is -1.38. The van der Waals surface area contributed by atoms with Gasteiger partial charge in [0.25, 0.3) is 0 Å². The van der Waals surface area contributed by atoms with Crippen molar-refractivity contribution in [2.24, 2.45) is 11.8 Å². The van der Waals surface area contributed by atoms with Crippen molar-refractivity contribution in [3.63, 3.8) is 0 Å². The summed E-state index contributed by atoms with van der Waals surface area (Å²) >= 11 is 0. The van der Waals surface area contributed by atoms with Crippen LogP contribution in [0.4, 0.5) is 11.4 Å². The molecular weight excluding hydrogens is 212 g/mol. The first-order valence-electron chi connectivity index (χ1n) is 6.29. The first-order valence-corrected chi connectivity index (χ1v) is 6.29. The fraction of sp³-hybridized carbons (Fsp3) is 0.571. The Bertz CT molecular complexity index is 390. The predicted molar refractivity (Wildman–Crippen MR) is 72.6 cm³/mol. The summed E-state index contributed by atoms with van der Waals surface area (Å²) in [6.45, 7) is 6.85. The highest BCUT2D eigenvalue weighted by Crippen LogP contribution is 2.31. The molecule has 0 spiro atoms. The molecule has 1 saturated heterocycles. The van der Waals surface area contributed by atoms with Crippen LogP contribution in [-0.2, 0) is 0 Å². The van der Waals surface area contributed by atoms with Crippen molar-refractivity contribution >= 4 is 11.4 Å². The molecule has 3 heteroatoms. The molecule has 0 bridgehead atoms. The molecule has 1 aromatic rings. The minimum absolute atomic E-state index is 0.753. The Morgan fingerprint density at radius 2 is 2.12 bits per heavy atom. The number of rotatable bonds is 3. The van der Waals surface area contributed by atoms with Crippen molar-refractivity contribution in [3.8, 4) is 5.75 Å². The zero-order valence-corrected chi connectivity index (χ0v) is 10.9. The van der Waals surface area contributed by atoms with E-state index in [1.54, 1.807) is 7.11 Å². The highest BCUT2D eigenvalue weighted by molar-refractivity contribution is 5.61. The van der Waals surface area contributed by atoms with Gasteiger partial charge in [0.15, 0.2) is 0 Å². The second-order valence-corrected chi connectivity index (χ2v) is 5.20. The van der Waals surface area contributed by atoms with E-state index in [2.05, 4.69) is 24.8 Å². The topological polar surface area (TPSA) is 38.5 Å². The third-order valence-electron chi connectivity index (χ3n) is 3.68. The van der Waals surface area contributed by atoms with Crippen LogP contribution in [0.2, 0.25) is 0 Å². The van der Waals surface area contributed by atoms with Gasteiger partial charge in [-0.1, -0.05) is 13.8 Å². The first kappa shape index (κ1) is 12.1. The average molecular weight is 234 g/mol. The summed E-state index contributed by atoms with van der Waals surface area (Å²) in [5, 5.41) is 0. The second kappa shape index (κ2) is 4.86. The van der Waals surface area contributed by atoms with E-state index in [1.165, 1.54) is 12.1 Å². The summed E-state index contributed by atoms with van der Waals surface area (Å²) in [5.41, 5.74) is 7.85. The normalized spacial score (nSPS) is 20.0. The molecule has 1 fully saturated rings. The molecule has 0 amide bonds. The van der Waals surface area contributed by atoms with Crippen LogP contribution in [0.3, 0.4) is 0 Å². The maximum atomic E-state index is 5.89. The predicted octanol–water partition coefficient (Wildman–Crippen LogP) is 2.76. The minimum atomic E-state index is 0.753. The third kappa shape index (κ3) is 2.65. The van der Waals surface area contributed by atoms with Gasteiger partial charge >= 0.3 is 0 Å². The smallest absolute Gasteiger partial charge is 0.122 e. The van der Waals surface area contributed by atoms with Crippen LogP contribution in [-0.4, -0.2) is 20.2 Å². The second-order valence-electron chi connectivity index (χ2n) is 5.20. The van der Waals surface area contributed by atoms with Gasteiger partial charge in [-0.25, -0.2) is 0 Å². The number of hydrogen-bond donors (Lipinski definition) is 1. The molecule has 0 radical (unpaired) electrons. The lowest BCUT2D eigenvalue weighted by atomic mass is 9.95. The highest BCUT2D eigenvalue weighted by Gasteiger charge is 2.25. The van der Waals surface area contributed by atoms with Crippen LogP contribution in [0.15, 0.2) is 18.2 Å². The molecule has 17 heavy (non-hydrogen) atoms. The van der Waals surface area contributed by atoms with E-state index in [0.29, 0.717) is 0 Å². The van der Waals surface area contributed by atoms with Crippen molar-refractivity contribution in [1.82, 2.24) is 0 Å². The highest BCUT2D eigenvalue weighted by atomic mass is 16.5. The molecule has 1 aliphatic rings. The summed E-state index contributed by atoms with van der Waals surface area (Å²) in [6.07, 6.45) is 1.27. The molecule has 1 aliphatic heterocycles. The molecule has 0 aliphatic carbocycles. The Morgan fingerprint density at radius 1 is 1.35 bits per heavy atom. The van der Waals surface area contributed by atoms with Crippen molar-refractivity contribution in [2.75, 3.05) is 30.8 Å². The van der Waals surface area contributed by atoms with Gasteiger partial charge in [-0.15, -0.1) is 0 Å². The number of anilines is 2. The van der Waals surface area contributed by atoms with E-state index in [9.17, 15) is 0 Å². The van der Waals surface area contributed by atoms with E-state index in [0.717, 1.165) is 36.4 Å². The fourth-order valence-electron chi connectivity index (χ4n) is 2.47. The first-order chi connectivity index (χ1) is 8.10. The van der Waals surface area contributed by atoms with Crippen LogP contribution in [0.25, 0.3) is 0 Å². The van der Waals surface area contributed by atoms with Crippen LogP contribution in [0.5, 0.6) is 5.75 Å². The van der Waals surface area contributed by atoms with Crippen molar-refractivity contribution in [1.29, 1.82) is 0 Å². The monoisotopic (exact) mass is 234 g/mol. The lowest BCUT2D eigenvalue weighted by molar-refractivity contribution is 0.414. The van der Waals surface area contributed by atoms with Crippen LogP contribution in [0.1, 0.15) is 20.3 Å². The number of nitrogens with two attached hydrogens (primary N) is 1. The molecule has 94 valence electrons. The Morgan fingerprint density at radius 3 is 2.71 bits per heavy atom. The summed E-state index contributed by atoms with van der Waals surface area (Å²) in [6, 6.07) is 5.96. The van der Waals surface area contributed by atoms with Gasteiger partial charge in [0, 0.05) is 36.6 Å². The molecule has 0 aromatic heterocycles. The zero-order chi connectivity index (χ0) is 12.4. The number of benzene rings is 1. The summed E-state index contributed by atoms with van der Waals surface area (Å²) in [4.78, 5) is 2.41. The molecule has 1 aromatic carbocycles. The van der Waals surface area contributed by atoms with Gasteiger partial charge < -0.3 is 15.4 Å². The van der Waals surface area contributed by atoms with E-state index < -0.39 is 0 Å². The van der Waals surface area contributed by atoms with E-state index in [4.69, 9.17) is 10.5 Å². The van der Waals surface area contributed by atoms with Gasteiger partial charge in [-0.05, 0) is 24.3 Å². The number of hydrogen-bond acceptors (Lipinski definition) is 3. The van der Waals surface area contributed by atoms with Gasteiger partial charge in [-0.2, -0.15) is 0 Å². The van der Waals surface area contributed by atoms with Crippen molar-refractivity contribution in [2.45, 2.75) is 20.3 Å². The summed E-state index contributed by atoms with van der Waals surface area (Å²) < 4.78 is 5.26. The van der Waals surface area contributed by atoms with Crippen LogP contribution < -0.4 is 15.4 Å². The van der Waals surface area contributed by atoms with Crippen LogP contribution >= 0.6 is 0 Å². The van der Waals surface area contributed by atoms with Gasteiger partial charge in [-0.3, -0.25) is 0 Å². The zero-order valence-electron chi connectivity index (χ0n) is 10.9. The molecule has 1 unspecified atom stereocenters. The van der Waals surface area contributed by atoms with Crippen molar-refractivity contribution < 1.29 is 4.74 Å². The molecule has 1 heterocycles. The maximum absolute atomic E-state index is 5.89. The molecular formula is C14H22N2O. The minimum Gasteiger partial charge on any atom is -0.497 e. The quantitative estimate of drug-likeness (QED) is 0.817. The van der Waals surface area contributed by atoms with Gasteiger partial charge in [0.1, 0.15) is 5.75 Å². The molecule has 2 rings (SSSR count). The van der Waals surface area contributed by atoms with E-state index in [1.807, 2.05) is 12.1 Å².